The number of hydrogen-bond acceptors (Lipinski definition) is 3. The van der Waals surface area contributed by atoms with Crippen LogP contribution in [-0.4, -0.2) is 42.4 Å². The molecule has 84 valence electrons. The second-order valence-electron chi connectivity index (χ2n) is 4.46. The minimum absolute atomic E-state index is 0.00745. The van der Waals surface area contributed by atoms with Crippen LogP contribution in [0.3, 0.4) is 0 Å². The molecule has 0 radical (unpaired) electrons. The Morgan fingerprint density at radius 1 is 1.53 bits per heavy atom. The smallest absolute Gasteiger partial charge is 0.252 e. The minimum Gasteiger partial charge on any atom is -0.368 e. The summed E-state index contributed by atoms with van der Waals surface area (Å²) in [6, 6.07) is 0. The van der Waals surface area contributed by atoms with E-state index in [9.17, 15) is 9.59 Å². The highest BCUT2D eigenvalue weighted by molar-refractivity contribution is 5.89. The van der Waals surface area contributed by atoms with Crippen LogP contribution >= 0.6 is 0 Å². The molecule has 4 heteroatoms. The lowest BCUT2D eigenvalue weighted by molar-refractivity contribution is -0.146. The molecule has 2 fully saturated rings. The Kier molecular flexibility index (Phi) is 3.05. The third-order valence-corrected chi connectivity index (χ3v) is 3.19. The van der Waals surface area contributed by atoms with Crippen molar-refractivity contribution in [3.63, 3.8) is 0 Å². The van der Waals surface area contributed by atoms with Gasteiger partial charge in [0.25, 0.3) is 5.91 Å². The van der Waals surface area contributed by atoms with Crippen LogP contribution in [-0.2, 0) is 14.3 Å². The van der Waals surface area contributed by atoms with Crippen LogP contribution in [0.25, 0.3) is 0 Å². The van der Waals surface area contributed by atoms with Crippen molar-refractivity contribution in [2.75, 3.05) is 19.7 Å². The maximum absolute atomic E-state index is 12.0. The van der Waals surface area contributed by atoms with Gasteiger partial charge < -0.3 is 9.64 Å². The highest BCUT2D eigenvalue weighted by Crippen LogP contribution is 2.22. The van der Waals surface area contributed by atoms with Crippen LogP contribution in [0.4, 0.5) is 0 Å². The Morgan fingerprint density at radius 2 is 2.33 bits per heavy atom. The van der Waals surface area contributed by atoms with Gasteiger partial charge in [-0.15, -0.1) is 0 Å². The van der Waals surface area contributed by atoms with Crippen LogP contribution in [0.2, 0.25) is 0 Å². The maximum atomic E-state index is 12.0. The van der Waals surface area contributed by atoms with E-state index < -0.39 is 0 Å². The van der Waals surface area contributed by atoms with Crippen molar-refractivity contribution in [1.29, 1.82) is 0 Å². The van der Waals surface area contributed by atoms with E-state index in [1.54, 1.807) is 4.90 Å². The molecule has 4 nitrogen and oxygen atoms in total. The van der Waals surface area contributed by atoms with E-state index in [0.29, 0.717) is 19.6 Å². The van der Waals surface area contributed by atoms with Crippen molar-refractivity contribution in [1.82, 2.24) is 4.90 Å². The summed E-state index contributed by atoms with van der Waals surface area (Å²) in [5.74, 6) is 0.461. The van der Waals surface area contributed by atoms with Gasteiger partial charge in [0.1, 0.15) is 6.10 Å². The normalized spacial score (nSPS) is 32.1. The largest absolute Gasteiger partial charge is 0.368 e. The van der Waals surface area contributed by atoms with E-state index in [0.717, 1.165) is 12.8 Å². The van der Waals surface area contributed by atoms with Gasteiger partial charge in [-0.1, -0.05) is 6.92 Å². The summed E-state index contributed by atoms with van der Waals surface area (Å²) in [6.45, 7) is 3.68. The number of ketones is 1. The number of likely N-dealkylation sites (tertiary alicyclic amines) is 1. The van der Waals surface area contributed by atoms with E-state index in [-0.39, 0.29) is 30.3 Å². The van der Waals surface area contributed by atoms with E-state index in [4.69, 9.17) is 4.74 Å². The number of carbonyl (C=O) groups excluding carboxylic acids is 2. The van der Waals surface area contributed by atoms with Gasteiger partial charge in [0, 0.05) is 19.6 Å². The third kappa shape index (κ3) is 2.20. The zero-order chi connectivity index (χ0) is 10.8. The van der Waals surface area contributed by atoms with Gasteiger partial charge in [-0.05, 0) is 18.8 Å². The summed E-state index contributed by atoms with van der Waals surface area (Å²) >= 11 is 0. The molecule has 2 heterocycles. The Hall–Kier alpha value is -0.900. The number of Topliss-reactive ketones (excluding diaryl/α,β-unsaturated/α-hetero) is 1. The molecule has 15 heavy (non-hydrogen) atoms. The van der Waals surface area contributed by atoms with E-state index in [2.05, 4.69) is 0 Å². The molecular formula is C11H17NO3. The summed E-state index contributed by atoms with van der Waals surface area (Å²) in [5.41, 5.74) is 0. The number of amides is 1. The zero-order valence-electron chi connectivity index (χ0n) is 9.07. The van der Waals surface area contributed by atoms with E-state index >= 15 is 0 Å². The maximum Gasteiger partial charge on any atom is 0.252 e. The lowest BCUT2D eigenvalue weighted by atomic mass is 10.0. The van der Waals surface area contributed by atoms with Crippen LogP contribution in [0.5, 0.6) is 0 Å². The summed E-state index contributed by atoms with van der Waals surface area (Å²) in [7, 11) is 0. The lowest BCUT2D eigenvalue weighted by Crippen LogP contribution is -2.46. The first-order valence-electron chi connectivity index (χ1n) is 5.60. The fraction of sp³-hybridized carbons (Fsp3) is 0.818. The molecule has 0 N–H and O–H groups in total. The fourth-order valence-electron chi connectivity index (χ4n) is 2.22. The number of piperidine rings is 1. The number of carbonyl (C=O) groups is 2. The average molecular weight is 211 g/mol. The molecule has 0 aromatic rings. The molecule has 0 bridgehead atoms. The molecule has 2 unspecified atom stereocenters. The summed E-state index contributed by atoms with van der Waals surface area (Å²) in [4.78, 5) is 24.9. The predicted octanol–water partition coefficient (Wildman–Crippen LogP) is 0.603. The summed E-state index contributed by atoms with van der Waals surface area (Å²) in [6.07, 6.45) is 2.05. The van der Waals surface area contributed by atoms with Gasteiger partial charge >= 0.3 is 0 Å². The quantitative estimate of drug-likeness (QED) is 0.638. The van der Waals surface area contributed by atoms with Gasteiger partial charge in [-0.3, -0.25) is 9.59 Å². The average Bonchev–Trinajstić information content (AvgIpc) is 2.63. The van der Waals surface area contributed by atoms with Crippen LogP contribution < -0.4 is 0 Å². The molecule has 2 aliphatic rings. The van der Waals surface area contributed by atoms with Gasteiger partial charge in [-0.2, -0.15) is 0 Å². The molecule has 0 saturated carbocycles. The number of rotatable bonds is 1. The third-order valence-electron chi connectivity index (χ3n) is 3.19. The second-order valence-corrected chi connectivity index (χ2v) is 4.46. The highest BCUT2D eigenvalue weighted by atomic mass is 16.5. The first-order chi connectivity index (χ1) is 7.18. The fourth-order valence-corrected chi connectivity index (χ4v) is 2.22. The molecule has 2 rings (SSSR count). The van der Waals surface area contributed by atoms with Crippen molar-refractivity contribution >= 4 is 11.7 Å². The monoisotopic (exact) mass is 211 g/mol. The van der Waals surface area contributed by atoms with Crippen LogP contribution in [0.1, 0.15) is 26.2 Å². The van der Waals surface area contributed by atoms with Crippen molar-refractivity contribution in [3.05, 3.63) is 0 Å². The Balaban J connectivity index is 1.97. The first kappa shape index (κ1) is 10.6. The topological polar surface area (TPSA) is 46.6 Å². The SMILES string of the molecule is CC1CCOC1C(=O)N1CCCC(=O)C1. The van der Waals surface area contributed by atoms with Gasteiger partial charge in [0.2, 0.25) is 0 Å². The Morgan fingerprint density at radius 3 is 2.93 bits per heavy atom. The minimum atomic E-state index is -0.309. The standard InChI is InChI=1S/C11H17NO3/c1-8-4-6-15-10(8)11(14)12-5-2-3-9(13)7-12/h8,10H,2-7H2,1H3. The number of nitrogens with zero attached hydrogens (tertiary/aromatic N) is 1. The van der Waals surface area contributed by atoms with E-state index in [1.165, 1.54) is 0 Å². The van der Waals surface area contributed by atoms with Crippen molar-refractivity contribution in [2.45, 2.75) is 32.3 Å². The number of hydrogen-bond donors (Lipinski definition) is 0. The van der Waals surface area contributed by atoms with Gasteiger partial charge in [0.15, 0.2) is 5.78 Å². The molecular weight excluding hydrogens is 194 g/mol. The molecule has 0 spiro atoms. The number of ether oxygens (including phenoxy) is 1. The zero-order valence-corrected chi connectivity index (χ0v) is 9.07. The van der Waals surface area contributed by atoms with Crippen molar-refractivity contribution < 1.29 is 14.3 Å². The van der Waals surface area contributed by atoms with Gasteiger partial charge in [0.05, 0.1) is 6.54 Å². The summed E-state index contributed by atoms with van der Waals surface area (Å²) in [5, 5.41) is 0. The van der Waals surface area contributed by atoms with Crippen molar-refractivity contribution in [3.8, 4) is 0 Å². The predicted molar refractivity (Wildman–Crippen MR) is 54.3 cm³/mol. The molecule has 0 aliphatic carbocycles. The van der Waals surface area contributed by atoms with E-state index in [1.807, 2.05) is 6.92 Å². The van der Waals surface area contributed by atoms with Crippen LogP contribution in [0, 0.1) is 5.92 Å². The second kappa shape index (κ2) is 4.31. The molecule has 1 amide bonds. The Bertz CT molecular complexity index is 277. The molecule has 2 aliphatic heterocycles. The summed E-state index contributed by atoms with van der Waals surface area (Å²) < 4.78 is 5.41. The first-order valence-corrected chi connectivity index (χ1v) is 5.60. The van der Waals surface area contributed by atoms with Crippen LogP contribution in [0.15, 0.2) is 0 Å². The molecule has 2 saturated heterocycles. The van der Waals surface area contributed by atoms with Gasteiger partial charge in [-0.25, -0.2) is 0 Å². The Labute approximate surface area is 89.6 Å². The molecule has 0 aromatic carbocycles. The van der Waals surface area contributed by atoms with Crippen molar-refractivity contribution in [2.24, 2.45) is 5.92 Å². The molecule has 2 atom stereocenters. The lowest BCUT2D eigenvalue weighted by Gasteiger charge is -2.29. The highest BCUT2D eigenvalue weighted by Gasteiger charge is 2.35. The molecule has 0 aromatic heterocycles.